The molecule has 0 aromatic heterocycles. The predicted octanol–water partition coefficient (Wildman–Crippen LogP) is 5.55. The maximum atomic E-state index is 11.8. The van der Waals surface area contributed by atoms with Crippen LogP contribution in [0.2, 0.25) is 0 Å². The Morgan fingerprint density at radius 3 is 2.19 bits per heavy atom. The quantitative estimate of drug-likeness (QED) is 0.131. The van der Waals surface area contributed by atoms with Crippen LogP contribution in [0.3, 0.4) is 0 Å². The van der Waals surface area contributed by atoms with Crippen molar-refractivity contribution in [3.05, 3.63) is 11.6 Å². The third-order valence-corrected chi connectivity index (χ3v) is 4.86. The Bertz CT molecular complexity index is 486. The molecule has 0 aromatic rings. The lowest BCUT2D eigenvalue weighted by atomic mass is 10.1. The van der Waals surface area contributed by atoms with Gasteiger partial charge in [-0.25, -0.2) is 4.79 Å². The molecule has 27 heavy (non-hydrogen) atoms. The minimum absolute atomic E-state index is 0.134. The summed E-state index contributed by atoms with van der Waals surface area (Å²) in [6.07, 6.45) is 16.5. The van der Waals surface area contributed by atoms with Crippen LogP contribution in [-0.4, -0.2) is 32.1 Å². The number of carbonyl (C=O) groups is 1. The fourth-order valence-electron chi connectivity index (χ4n) is 3.25. The molecule has 1 aliphatic heterocycles. The van der Waals surface area contributed by atoms with E-state index in [1.807, 2.05) is 6.92 Å². The first kappa shape index (κ1) is 23.7. The molecular weight excluding hydrogens is 340 g/mol. The van der Waals surface area contributed by atoms with Crippen molar-refractivity contribution in [2.24, 2.45) is 0 Å². The molecule has 1 fully saturated rings. The smallest absolute Gasteiger partial charge is 0.337 e. The maximum absolute atomic E-state index is 11.8. The van der Waals surface area contributed by atoms with E-state index in [0.29, 0.717) is 5.57 Å². The van der Waals surface area contributed by atoms with Crippen LogP contribution in [0.5, 0.6) is 0 Å². The molecule has 0 spiro atoms. The molecule has 4 heteroatoms. The van der Waals surface area contributed by atoms with Crippen molar-refractivity contribution in [3.63, 3.8) is 0 Å². The third-order valence-electron chi connectivity index (χ3n) is 4.86. The maximum Gasteiger partial charge on any atom is 0.337 e. The Morgan fingerprint density at radius 1 is 1.00 bits per heavy atom. The molecule has 0 unspecified atom stereocenters. The van der Waals surface area contributed by atoms with E-state index < -0.39 is 6.10 Å². The number of hydrogen-bond donors (Lipinski definition) is 0. The fourth-order valence-corrected chi connectivity index (χ4v) is 3.25. The first-order valence-corrected chi connectivity index (χ1v) is 10.7. The second-order valence-corrected chi connectivity index (χ2v) is 7.31. The third kappa shape index (κ3) is 10.6. The molecule has 0 aliphatic carbocycles. The highest BCUT2D eigenvalue weighted by atomic mass is 16.7. The van der Waals surface area contributed by atoms with Crippen molar-refractivity contribution in [1.82, 2.24) is 0 Å². The van der Waals surface area contributed by atoms with Crippen molar-refractivity contribution in [2.45, 2.75) is 103 Å². The number of methoxy groups -OCH3 is 1. The summed E-state index contributed by atoms with van der Waals surface area (Å²) in [6.45, 7) is 4.21. The molecule has 1 heterocycles. The summed E-state index contributed by atoms with van der Waals surface area (Å²) in [6, 6.07) is 0. The molecular formula is C23H38O4. The molecule has 0 radical (unpaired) electrons. The van der Waals surface area contributed by atoms with E-state index in [4.69, 9.17) is 14.2 Å². The zero-order valence-corrected chi connectivity index (χ0v) is 17.6. The van der Waals surface area contributed by atoms with Crippen LogP contribution in [0.25, 0.3) is 0 Å². The van der Waals surface area contributed by atoms with E-state index in [1.165, 1.54) is 64.2 Å². The van der Waals surface area contributed by atoms with Gasteiger partial charge in [-0.1, -0.05) is 83.0 Å². The van der Waals surface area contributed by atoms with E-state index in [9.17, 15) is 4.79 Å². The number of ether oxygens (including phenoxy) is 3. The highest BCUT2D eigenvalue weighted by Crippen LogP contribution is 2.23. The van der Waals surface area contributed by atoms with Gasteiger partial charge in [-0.3, -0.25) is 0 Å². The summed E-state index contributed by atoms with van der Waals surface area (Å²) in [7, 11) is 1.55. The predicted molar refractivity (Wildman–Crippen MR) is 109 cm³/mol. The number of hydrogen-bond acceptors (Lipinski definition) is 4. The summed E-state index contributed by atoms with van der Waals surface area (Å²) in [5.74, 6) is 5.78. The molecule has 0 N–H and O–H groups in total. The molecule has 0 bridgehead atoms. The van der Waals surface area contributed by atoms with Crippen LogP contribution in [0.4, 0.5) is 0 Å². The van der Waals surface area contributed by atoms with Crippen LogP contribution < -0.4 is 0 Å². The van der Waals surface area contributed by atoms with E-state index in [0.717, 1.165) is 12.8 Å². The molecule has 1 saturated heterocycles. The molecule has 0 amide bonds. The second-order valence-electron chi connectivity index (χ2n) is 7.31. The van der Waals surface area contributed by atoms with Crippen molar-refractivity contribution in [2.75, 3.05) is 13.9 Å². The van der Waals surface area contributed by atoms with Gasteiger partial charge >= 0.3 is 5.97 Å². The molecule has 1 rings (SSSR count). The molecule has 2 atom stereocenters. The number of rotatable bonds is 14. The Labute approximate surface area is 166 Å². The number of carbonyl (C=O) groups excluding carboxylic acids is 1. The van der Waals surface area contributed by atoms with Crippen LogP contribution in [-0.2, 0) is 19.0 Å². The van der Waals surface area contributed by atoms with Crippen molar-refractivity contribution in [1.29, 1.82) is 0 Å². The van der Waals surface area contributed by atoms with E-state index in [1.54, 1.807) is 13.2 Å². The standard InChI is InChI=1S/C23H38O4/c1-4-5-6-7-8-9-10-11-12-13-14-15-16-17-18-21-22(26-19-25-3)20(2)27-23(21)24/h18,20,22H,4-15,19H2,1-3H3/b21-18-/t20-,22+/m0/s1. The number of allylic oxidation sites excluding steroid dienone is 1. The van der Waals surface area contributed by atoms with Gasteiger partial charge in [0, 0.05) is 19.6 Å². The highest BCUT2D eigenvalue weighted by Gasteiger charge is 2.37. The SMILES string of the molecule is CCCCCCCCCCCCCC#C/C=C1\C(=O)O[C@@H](C)[C@H]1OCOC. The first-order valence-electron chi connectivity index (χ1n) is 10.7. The Morgan fingerprint density at radius 2 is 1.59 bits per heavy atom. The monoisotopic (exact) mass is 378 g/mol. The van der Waals surface area contributed by atoms with Gasteiger partial charge in [0.15, 0.2) is 0 Å². The Balaban J connectivity index is 2.10. The van der Waals surface area contributed by atoms with E-state index >= 15 is 0 Å². The van der Waals surface area contributed by atoms with Gasteiger partial charge in [0.1, 0.15) is 19.0 Å². The molecule has 154 valence electrons. The lowest BCUT2D eigenvalue weighted by Crippen LogP contribution is -2.23. The summed E-state index contributed by atoms with van der Waals surface area (Å²) in [5.41, 5.74) is 0.492. The summed E-state index contributed by atoms with van der Waals surface area (Å²) < 4.78 is 15.6. The van der Waals surface area contributed by atoms with Crippen LogP contribution in [0.1, 0.15) is 90.9 Å². The number of esters is 1. The largest absolute Gasteiger partial charge is 0.456 e. The molecule has 0 saturated carbocycles. The van der Waals surface area contributed by atoms with Gasteiger partial charge in [-0.15, -0.1) is 0 Å². The van der Waals surface area contributed by atoms with Gasteiger partial charge in [0.2, 0.25) is 0 Å². The van der Waals surface area contributed by atoms with Crippen molar-refractivity contribution < 1.29 is 19.0 Å². The second kappa shape index (κ2) is 15.7. The fraction of sp³-hybridized carbons (Fsp3) is 0.783. The van der Waals surface area contributed by atoms with Gasteiger partial charge in [0.25, 0.3) is 0 Å². The average Bonchev–Trinajstić information content (AvgIpc) is 2.93. The Hall–Kier alpha value is -1.31. The van der Waals surface area contributed by atoms with Gasteiger partial charge in [0.05, 0.1) is 5.57 Å². The first-order chi connectivity index (χ1) is 13.2. The number of unbranched alkanes of at least 4 members (excludes halogenated alkanes) is 11. The molecule has 0 aromatic carbocycles. The normalized spacial score (nSPS) is 20.6. The van der Waals surface area contributed by atoms with Gasteiger partial charge in [-0.2, -0.15) is 0 Å². The summed E-state index contributed by atoms with van der Waals surface area (Å²) >= 11 is 0. The van der Waals surface area contributed by atoms with Crippen molar-refractivity contribution in [3.8, 4) is 11.8 Å². The van der Waals surface area contributed by atoms with Crippen molar-refractivity contribution >= 4 is 5.97 Å². The van der Waals surface area contributed by atoms with Crippen LogP contribution in [0.15, 0.2) is 11.6 Å². The summed E-state index contributed by atoms with van der Waals surface area (Å²) in [5, 5.41) is 0. The minimum Gasteiger partial charge on any atom is -0.456 e. The van der Waals surface area contributed by atoms with E-state index in [2.05, 4.69) is 18.8 Å². The zero-order valence-electron chi connectivity index (χ0n) is 17.6. The molecule has 1 aliphatic rings. The zero-order chi connectivity index (χ0) is 19.7. The number of cyclic esters (lactones) is 1. The highest BCUT2D eigenvalue weighted by molar-refractivity contribution is 5.92. The summed E-state index contributed by atoms with van der Waals surface area (Å²) in [4.78, 5) is 11.8. The lowest BCUT2D eigenvalue weighted by molar-refractivity contribution is -0.140. The topological polar surface area (TPSA) is 44.8 Å². The average molecular weight is 379 g/mol. The van der Waals surface area contributed by atoms with Crippen LogP contribution in [0, 0.1) is 11.8 Å². The van der Waals surface area contributed by atoms with Crippen LogP contribution >= 0.6 is 0 Å². The van der Waals surface area contributed by atoms with E-state index in [-0.39, 0.29) is 18.9 Å². The van der Waals surface area contributed by atoms with Gasteiger partial charge < -0.3 is 14.2 Å². The minimum atomic E-state index is -0.395. The van der Waals surface area contributed by atoms with Gasteiger partial charge in [-0.05, 0) is 13.3 Å². The Kier molecular flexibility index (Phi) is 13.8. The lowest BCUT2D eigenvalue weighted by Gasteiger charge is -2.13. The molecule has 4 nitrogen and oxygen atoms in total.